The Morgan fingerprint density at radius 1 is 1.33 bits per heavy atom. The van der Waals surface area contributed by atoms with Gasteiger partial charge in [-0.25, -0.2) is 0 Å². The van der Waals surface area contributed by atoms with Crippen molar-refractivity contribution in [1.29, 1.82) is 0 Å². The molecule has 0 N–H and O–H groups in total. The van der Waals surface area contributed by atoms with Crippen LogP contribution in [0.15, 0.2) is 27.6 Å². The zero-order valence-corrected chi connectivity index (χ0v) is 9.92. The second-order valence-electron chi connectivity index (χ2n) is 2.82. The molecule has 0 atom stereocenters. The fourth-order valence-corrected chi connectivity index (χ4v) is 2.70. The van der Waals surface area contributed by atoms with E-state index in [1.807, 2.05) is 0 Å². The number of hydrogen-bond acceptors (Lipinski definition) is 1. The Kier molecular flexibility index (Phi) is 3.66. The minimum Gasteiger partial charge on any atom is -0.128 e. The first-order chi connectivity index (χ1) is 5.66. The average molecular weight is 244 g/mol. The standard InChI is InChI=1S/C10H12BrS/c1-7(2)8-5-4-6-9(12-3)10(8)11/h4-6H,1-3H3. The lowest BCUT2D eigenvalue weighted by molar-refractivity contribution is 1.12. The molecule has 1 aromatic rings. The van der Waals surface area contributed by atoms with Crippen LogP contribution >= 0.6 is 27.7 Å². The number of thioether (sulfide) groups is 1. The lowest BCUT2D eigenvalue weighted by Crippen LogP contribution is -1.90. The van der Waals surface area contributed by atoms with E-state index in [2.05, 4.69) is 54.2 Å². The first-order valence-electron chi connectivity index (χ1n) is 3.80. The van der Waals surface area contributed by atoms with Gasteiger partial charge in [-0.2, -0.15) is 0 Å². The van der Waals surface area contributed by atoms with Gasteiger partial charge in [-0.1, -0.05) is 26.0 Å². The zero-order chi connectivity index (χ0) is 9.14. The summed E-state index contributed by atoms with van der Waals surface area (Å²) in [4.78, 5) is 1.30. The van der Waals surface area contributed by atoms with Gasteiger partial charge in [0.05, 0.1) is 0 Å². The predicted octanol–water partition coefficient (Wildman–Crippen LogP) is 4.13. The van der Waals surface area contributed by atoms with Crippen LogP contribution in [0, 0.1) is 5.92 Å². The Labute approximate surface area is 86.9 Å². The molecule has 0 aliphatic heterocycles. The van der Waals surface area contributed by atoms with Crippen molar-refractivity contribution >= 4 is 27.7 Å². The molecule has 0 saturated heterocycles. The summed E-state index contributed by atoms with van der Waals surface area (Å²) in [6.45, 7) is 4.26. The van der Waals surface area contributed by atoms with Gasteiger partial charge in [0.15, 0.2) is 0 Å². The fourth-order valence-electron chi connectivity index (χ4n) is 1.05. The molecule has 0 heterocycles. The van der Waals surface area contributed by atoms with Crippen molar-refractivity contribution in [3.8, 4) is 0 Å². The Bertz CT molecular complexity index is 269. The van der Waals surface area contributed by atoms with Crippen molar-refractivity contribution in [1.82, 2.24) is 0 Å². The monoisotopic (exact) mass is 243 g/mol. The summed E-state index contributed by atoms with van der Waals surface area (Å²) in [6, 6.07) is 6.36. The summed E-state index contributed by atoms with van der Waals surface area (Å²) in [6.07, 6.45) is 2.09. The number of benzene rings is 1. The number of rotatable bonds is 2. The Hall–Kier alpha value is 0.0500. The van der Waals surface area contributed by atoms with Crippen molar-refractivity contribution < 1.29 is 0 Å². The molecule has 65 valence electrons. The van der Waals surface area contributed by atoms with Crippen LogP contribution in [0.4, 0.5) is 0 Å². The summed E-state index contributed by atoms with van der Waals surface area (Å²) in [5, 5.41) is 0. The van der Waals surface area contributed by atoms with E-state index in [-0.39, 0.29) is 0 Å². The van der Waals surface area contributed by atoms with Crippen LogP contribution in [0.5, 0.6) is 0 Å². The largest absolute Gasteiger partial charge is 0.128 e. The molecule has 0 aliphatic rings. The maximum atomic E-state index is 3.60. The van der Waals surface area contributed by atoms with Gasteiger partial charge in [0, 0.05) is 9.37 Å². The summed E-state index contributed by atoms with van der Waals surface area (Å²) in [5.41, 5.74) is 1.31. The summed E-state index contributed by atoms with van der Waals surface area (Å²) in [5.74, 6) is 1.35. The van der Waals surface area contributed by atoms with E-state index in [1.165, 1.54) is 20.8 Å². The van der Waals surface area contributed by atoms with E-state index in [4.69, 9.17) is 0 Å². The molecule has 12 heavy (non-hydrogen) atoms. The van der Waals surface area contributed by atoms with E-state index >= 15 is 0 Å². The number of halogens is 1. The molecule has 0 saturated carbocycles. The zero-order valence-electron chi connectivity index (χ0n) is 7.52. The van der Waals surface area contributed by atoms with Crippen molar-refractivity contribution in [2.75, 3.05) is 6.26 Å². The maximum Gasteiger partial charge on any atom is 0.0348 e. The van der Waals surface area contributed by atoms with E-state index in [9.17, 15) is 0 Å². The maximum absolute atomic E-state index is 3.60. The van der Waals surface area contributed by atoms with Crippen molar-refractivity contribution in [3.05, 3.63) is 34.2 Å². The molecule has 0 fully saturated rings. The second-order valence-corrected chi connectivity index (χ2v) is 4.46. The van der Waals surface area contributed by atoms with E-state index in [0.29, 0.717) is 0 Å². The molecule has 1 radical (unpaired) electrons. The minimum absolute atomic E-state index is 1.22. The normalized spacial score (nSPS) is 10.8. The summed E-state index contributed by atoms with van der Waals surface area (Å²) in [7, 11) is 0. The van der Waals surface area contributed by atoms with Crippen molar-refractivity contribution in [2.24, 2.45) is 0 Å². The molecule has 0 bridgehead atoms. The summed E-state index contributed by atoms with van der Waals surface area (Å²) < 4.78 is 1.22. The van der Waals surface area contributed by atoms with E-state index < -0.39 is 0 Å². The van der Waals surface area contributed by atoms with Gasteiger partial charge in [-0.15, -0.1) is 11.8 Å². The molecule has 1 rings (SSSR count). The van der Waals surface area contributed by atoms with Crippen LogP contribution in [0.3, 0.4) is 0 Å². The van der Waals surface area contributed by atoms with Crippen LogP contribution in [-0.2, 0) is 0 Å². The van der Waals surface area contributed by atoms with Gasteiger partial charge in [-0.05, 0) is 39.7 Å². The Balaban J connectivity index is 3.14. The van der Waals surface area contributed by atoms with Crippen LogP contribution in [0.1, 0.15) is 19.4 Å². The van der Waals surface area contributed by atoms with Crippen LogP contribution in [-0.4, -0.2) is 6.26 Å². The van der Waals surface area contributed by atoms with E-state index in [1.54, 1.807) is 11.8 Å². The molecule has 1 aromatic carbocycles. The molecular formula is C10H12BrS. The van der Waals surface area contributed by atoms with Gasteiger partial charge in [0.1, 0.15) is 0 Å². The van der Waals surface area contributed by atoms with Crippen molar-refractivity contribution in [3.63, 3.8) is 0 Å². The molecule has 0 nitrogen and oxygen atoms in total. The van der Waals surface area contributed by atoms with Crippen LogP contribution in [0.2, 0.25) is 0 Å². The topological polar surface area (TPSA) is 0 Å². The molecule has 0 amide bonds. The minimum atomic E-state index is 1.22. The SMILES string of the molecule is CSc1cccc([C](C)C)c1Br. The quantitative estimate of drug-likeness (QED) is 0.705. The van der Waals surface area contributed by atoms with Gasteiger partial charge in [0.25, 0.3) is 0 Å². The smallest absolute Gasteiger partial charge is 0.0348 e. The van der Waals surface area contributed by atoms with Gasteiger partial charge >= 0.3 is 0 Å². The third-order valence-electron chi connectivity index (χ3n) is 1.72. The number of hydrogen-bond donors (Lipinski definition) is 0. The highest BCUT2D eigenvalue weighted by Gasteiger charge is 2.07. The highest BCUT2D eigenvalue weighted by molar-refractivity contribution is 9.10. The molecule has 2 heteroatoms. The van der Waals surface area contributed by atoms with Gasteiger partial charge in [0.2, 0.25) is 0 Å². The van der Waals surface area contributed by atoms with Gasteiger partial charge in [-0.3, -0.25) is 0 Å². The highest BCUT2D eigenvalue weighted by atomic mass is 79.9. The van der Waals surface area contributed by atoms with Crippen LogP contribution < -0.4 is 0 Å². The second kappa shape index (κ2) is 4.33. The first kappa shape index (κ1) is 10.1. The molecular weight excluding hydrogens is 232 g/mol. The third kappa shape index (κ3) is 2.05. The van der Waals surface area contributed by atoms with E-state index in [0.717, 1.165) is 0 Å². The molecule has 0 unspecified atom stereocenters. The first-order valence-corrected chi connectivity index (χ1v) is 5.81. The molecule has 0 spiro atoms. The lowest BCUT2D eigenvalue weighted by Gasteiger charge is -2.10. The van der Waals surface area contributed by atoms with Gasteiger partial charge < -0.3 is 0 Å². The average Bonchev–Trinajstić information content (AvgIpc) is 2.04. The Morgan fingerprint density at radius 3 is 2.50 bits per heavy atom. The van der Waals surface area contributed by atoms with Crippen molar-refractivity contribution in [2.45, 2.75) is 18.7 Å². The molecule has 0 aliphatic carbocycles. The molecule has 0 aromatic heterocycles. The lowest BCUT2D eigenvalue weighted by atomic mass is 10.0. The predicted molar refractivity (Wildman–Crippen MR) is 59.6 cm³/mol. The Morgan fingerprint density at radius 2 is 2.00 bits per heavy atom. The highest BCUT2D eigenvalue weighted by Crippen LogP contribution is 2.32. The summed E-state index contributed by atoms with van der Waals surface area (Å²) >= 11 is 5.37. The third-order valence-corrected chi connectivity index (χ3v) is 3.62. The fraction of sp³-hybridized carbons (Fsp3) is 0.300. The van der Waals surface area contributed by atoms with Crippen LogP contribution in [0.25, 0.3) is 0 Å².